The number of carbonyl (C=O) groups is 1. The van der Waals surface area contributed by atoms with Crippen LogP contribution in [-0.2, 0) is 4.79 Å². The summed E-state index contributed by atoms with van der Waals surface area (Å²) in [5.74, 6) is 1.24. The Morgan fingerprint density at radius 3 is 3.11 bits per heavy atom. The van der Waals surface area contributed by atoms with E-state index >= 15 is 0 Å². The van der Waals surface area contributed by atoms with Crippen molar-refractivity contribution in [3.8, 4) is 0 Å². The van der Waals surface area contributed by atoms with Gasteiger partial charge in [0.15, 0.2) is 0 Å². The lowest BCUT2D eigenvalue weighted by Crippen LogP contribution is -2.31. The first-order valence-electron chi connectivity index (χ1n) is 5.99. The first kappa shape index (κ1) is 13.7. The first-order valence-corrected chi connectivity index (χ1v) is 7.77. The van der Waals surface area contributed by atoms with Crippen molar-refractivity contribution in [3.05, 3.63) is 34.9 Å². The number of halogens is 1. The Morgan fingerprint density at radius 1 is 1.56 bits per heavy atom. The Bertz CT molecular complexity index is 427. The van der Waals surface area contributed by atoms with Crippen LogP contribution in [0.15, 0.2) is 24.3 Å². The molecule has 1 unspecified atom stereocenters. The average molecular weight is 285 g/mol. The van der Waals surface area contributed by atoms with Crippen LogP contribution in [0.25, 0.3) is 0 Å². The number of rotatable bonds is 5. The molecule has 1 aliphatic rings. The van der Waals surface area contributed by atoms with Gasteiger partial charge in [0.2, 0.25) is 5.91 Å². The van der Waals surface area contributed by atoms with Crippen LogP contribution < -0.4 is 5.32 Å². The molecular weight excluding hydrogens is 268 g/mol. The molecule has 98 valence electrons. The number of nitrogens with zero attached hydrogens (tertiary/aromatic N) is 1. The second kappa shape index (κ2) is 6.45. The molecule has 2 rings (SSSR count). The Hall–Kier alpha value is -0.710. The van der Waals surface area contributed by atoms with Crippen LogP contribution in [-0.4, -0.2) is 35.9 Å². The maximum absolute atomic E-state index is 11.9. The van der Waals surface area contributed by atoms with E-state index in [0.717, 1.165) is 24.3 Å². The van der Waals surface area contributed by atoms with Gasteiger partial charge in [-0.1, -0.05) is 23.7 Å². The van der Waals surface area contributed by atoms with Crippen LogP contribution in [0.1, 0.15) is 18.2 Å². The number of hydrogen-bond donors (Lipinski definition) is 1. The molecule has 0 radical (unpaired) electrons. The summed E-state index contributed by atoms with van der Waals surface area (Å²) >= 11 is 7.81. The van der Waals surface area contributed by atoms with Gasteiger partial charge < -0.3 is 4.90 Å². The molecule has 0 aliphatic carbocycles. The number of carbonyl (C=O) groups excluding carboxylic acids is 1. The van der Waals surface area contributed by atoms with E-state index in [1.807, 2.05) is 29.2 Å². The summed E-state index contributed by atoms with van der Waals surface area (Å²) in [5, 5.41) is 3.94. The van der Waals surface area contributed by atoms with E-state index in [1.165, 1.54) is 0 Å². The van der Waals surface area contributed by atoms with E-state index in [0.29, 0.717) is 11.6 Å². The molecular formula is C13H17ClN2OS. The number of thioether (sulfide) groups is 1. The maximum Gasteiger partial charge on any atom is 0.238 e. The topological polar surface area (TPSA) is 32.3 Å². The number of amides is 1. The van der Waals surface area contributed by atoms with Gasteiger partial charge in [0.05, 0.1) is 6.54 Å². The van der Waals surface area contributed by atoms with Crippen molar-refractivity contribution in [3.63, 3.8) is 0 Å². The summed E-state index contributed by atoms with van der Waals surface area (Å²) < 4.78 is 0. The second-order valence-corrected chi connectivity index (χ2v) is 5.69. The molecule has 3 nitrogen and oxygen atoms in total. The van der Waals surface area contributed by atoms with Crippen molar-refractivity contribution in [2.75, 3.05) is 25.1 Å². The molecule has 1 fully saturated rings. The Labute approximate surface area is 117 Å². The lowest BCUT2D eigenvalue weighted by molar-refractivity contribution is -0.128. The Morgan fingerprint density at radius 2 is 2.39 bits per heavy atom. The highest BCUT2D eigenvalue weighted by Crippen LogP contribution is 2.24. The van der Waals surface area contributed by atoms with E-state index in [1.54, 1.807) is 11.8 Å². The van der Waals surface area contributed by atoms with E-state index in [2.05, 4.69) is 11.6 Å². The largest absolute Gasteiger partial charge is 0.322 e. The SMILES string of the molecule is CSCCCN1C(=O)CNC1c1cccc(Cl)c1. The van der Waals surface area contributed by atoms with E-state index < -0.39 is 0 Å². The third-order valence-electron chi connectivity index (χ3n) is 2.99. The van der Waals surface area contributed by atoms with E-state index in [9.17, 15) is 4.79 Å². The predicted octanol–water partition coefficient (Wildman–Crippen LogP) is 2.52. The van der Waals surface area contributed by atoms with Crippen molar-refractivity contribution in [1.82, 2.24) is 10.2 Å². The van der Waals surface area contributed by atoms with Crippen molar-refractivity contribution < 1.29 is 4.79 Å². The van der Waals surface area contributed by atoms with E-state index in [4.69, 9.17) is 11.6 Å². The lowest BCUT2D eigenvalue weighted by atomic mass is 10.1. The molecule has 1 aromatic rings. The van der Waals surface area contributed by atoms with E-state index in [-0.39, 0.29) is 12.1 Å². The van der Waals surface area contributed by atoms with Gasteiger partial charge in [-0.2, -0.15) is 11.8 Å². The summed E-state index contributed by atoms with van der Waals surface area (Å²) in [6.45, 7) is 1.21. The molecule has 1 aromatic carbocycles. The van der Waals surface area contributed by atoms with Gasteiger partial charge in [0.1, 0.15) is 6.17 Å². The molecule has 1 atom stereocenters. The summed E-state index contributed by atoms with van der Waals surface area (Å²) in [7, 11) is 0. The summed E-state index contributed by atoms with van der Waals surface area (Å²) in [5.41, 5.74) is 1.05. The van der Waals surface area contributed by atoms with Crippen molar-refractivity contribution in [2.24, 2.45) is 0 Å². The number of nitrogens with one attached hydrogen (secondary N) is 1. The lowest BCUT2D eigenvalue weighted by Gasteiger charge is -2.24. The molecule has 0 spiro atoms. The molecule has 1 heterocycles. The smallest absolute Gasteiger partial charge is 0.238 e. The number of hydrogen-bond acceptors (Lipinski definition) is 3. The minimum absolute atomic E-state index is 0.0296. The normalized spacial score (nSPS) is 19.6. The third-order valence-corrected chi connectivity index (χ3v) is 3.92. The fraction of sp³-hybridized carbons (Fsp3) is 0.462. The monoisotopic (exact) mass is 284 g/mol. The van der Waals surface area contributed by atoms with Crippen molar-refractivity contribution in [2.45, 2.75) is 12.6 Å². The van der Waals surface area contributed by atoms with Crippen molar-refractivity contribution >= 4 is 29.3 Å². The fourth-order valence-electron chi connectivity index (χ4n) is 2.15. The van der Waals surface area contributed by atoms with Gasteiger partial charge >= 0.3 is 0 Å². The van der Waals surface area contributed by atoms with Crippen LogP contribution in [0, 0.1) is 0 Å². The van der Waals surface area contributed by atoms with Gasteiger partial charge in [-0.15, -0.1) is 0 Å². The van der Waals surface area contributed by atoms with Crippen molar-refractivity contribution in [1.29, 1.82) is 0 Å². The molecule has 1 amide bonds. The first-order chi connectivity index (χ1) is 8.72. The summed E-state index contributed by atoms with van der Waals surface area (Å²) in [4.78, 5) is 13.8. The zero-order chi connectivity index (χ0) is 13.0. The van der Waals surface area contributed by atoms with Gasteiger partial charge in [-0.05, 0) is 36.1 Å². The third kappa shape index (κ3) is 3.19. The highest BCUT2D eigenvalue weighted by Gasteiger charge is 2.30. The molecule has 1 aliphatic heterocycles. The maximum atomic E-state index is 11.9. The zero-order valence-electron chi connectivity index (χ0n) is 10.4. The van der Waals surface area contributed by atoms with Gasteiger partial charge in [-0.25, -0.2) is 0 Å². The van der Waals surface area contributed by atoms with Crippen LogP contribution >= 0.6 is 23.4 Å². The number of benzene rings is 1. The second-order valence-electron chi connectivity index (χ2n) is 4.27. The molecule has 18 heavy (non-hydrogen) atoms. The minimum Gasteiger partial charge on any atom is -0.322 e. The molecule has 1 N–H and O–H groups in total. The predicted molar refractivity (Wildman–Crippen MR) is 76.9 cm³/mol. The fourth-order valence-corrected chi connectivity index (χ4v) is 2.76. The van der Waals surface area contributed by atoms with Gasteiger partial charge in [-0.3, -0.25) is 10.1 Å². The molecule has 0 aromatic heterocycles. The van der Waals surface area contributed by atoms with Crippen LogP contribution in [0.5, 0.6) is 0 Å². The quantitative estimate of drug-likeness (QED) is 0.844. The minimum atomic E-state index is -0.0296. The summed E-state index contributed by atoms with van der Waals surface area (Å²) in [6.07, 6.45) is 3.07. The molecule has 0 bridgehead atoms. The zero-order valence-corrected chi connectivity index (χ0v) is 11.9. The van der Waals surface area contributed by atoms with Crippen LogP contribution in [0.4, 0.5) is 0 Å². The molecule has 5 heteroatoms. The molecule has 1 saturated heterocycles. The van der Waals surface area contributed by atoms with Crippen LogP contribution in [0.3, 0.4) is 0 Å². The van der Waals surface area contributed by atoms with Gasteiger partial charge in [0.25, 0.3) is 0 Å². The van der Waals surface area contributed by atoms with Crippen LogP contribution in [0.2, 0.25) is 5.02 Å². The summed E-state index contributed by atoms with van der Waals surface area (Å²) in [6, 6.07) is 7.69. The highest BCUT2D eigenvalue weighted by molar-refractivity contribution is 7.98. The highest BCUT2D eigenvalue weighted by atomic mass is 35.5. The standard InChI is InChI=1S/C13H17ClN2OS/c1-18-7-3-6-16-12(17)9-15-13(16)10-4-2-5-11(14)8-10/h2,4-5,8,13,15H,3,6-7,9H2,1H3. The Kier molecular flexibility index (Phi) is 4.92. The molecule has 0 saturated carbocycles. The average Bonchev–Trinajstić information content (AvgIpc) is 2.72. The Balaban J connectivity index is 2.08. The van der Waals surface area contributed by atoms with Gasteiger partial charge in [0, 0.05) is 11.6 Å².